The van der Waals surface area contributed by atoms with Crippen molar-refractivity contribution in [3.05, 3.63) is 71.8 Å². The van der Waals surface area contributed by atoms with Gasteiger partial charge >= 0.3 is 11.9 Å². The predicted octanol–water partition coefficient (Wildman–Crippen LogP) is 1.25. The first-order chi connectivity index (χ1) is 14.4. The van der Waals surface area contributed by atoms with Crippen LogP contribution in [-0.2, 0) is 30.3 Å². The Morgan fingerprint density at radius 3 is 1.97 bits per heavy atom. The largest absolute Gasteiger partial charge is 0.469 e. The van der Waals surface area contributed by atoms with E-state index in [4.69, 9.17) is 0 Å². The van der Waals surface area contributed by atoms with E-state index in [9.17, 15) is 19.2 Å². The minimum atomic E-state index is -1.23. The van der Waals surface area contributed by atoms with E-state index in [1.807, 2.05) is 30.3 Å². The normalized spacial score (nSPS) is 12.2. The van der Waals surface area contributed by atoms with Crippen molar-refractivity contribution >= 4 is 23.8 Å². The Hall–Kier alpha value is -3.68. The van der Waals surface area contributed by atoms with Crippen molar-refractivity contribution in [2.45, 2.75) is 24.9 Å². The molecule has 158 valence electrons. The summed E-state index contributed by atoms with van der Waals surface area (Å²) >= 11 is 0. The van der Waals surface area contributed by atoms with E-state index < -0.39 is 35.8 Å². The van der Waals surface area contributed by atoms with Crippen molar-refractivity contribution in [1.82, 2.24) is 10.6 Å². The lowest BCUT2D eigenvalue weighted by Crippen LogP contribution is -2.53. The molecule has 0 bridgehead atoms. The third-order valence-corrected chi connectivity index (χ3v) is 4.34. The fourth-order valence-electron chi connectivity index (χ4n) is 2.75. The molecule has 0 heterocycles. The third kappa shape index (κ3) is 6.73. The van der Waals surface area contributed by atoms with E-state index in [0.717, 1.165) is 12.7 Å². The highest BCUT2D eigenvalue weighted by Crippen LogP contribution is 2.07. The second kappa shape index (κ2) is 11.4. The third-order valence-electron chi connectivity index (χ3n) is 4.34. The van der Waals surface area contributed by atoms with Gasteiger partial charge < -0.3 is 20.1 Å². The van der Waals surface area contributed by atoms with Gasteiger partial charge in [0.2, 0.25) is 5.91 Å². The quantitative estimate of drug-likeness (QED) is 0.600. The number of hydrogen-bond acceptors (Lipinski definition) is 6. The summed E-state index contributed by atoms with van der Waals surface area (Å²) in [5.74, 6) is -2.53. The van der Waals surface area contributed by atoms with Gasteiger partial charge in [-0.3, -0.25) is 14.4 Å². The average molecular weight is 412 g/mol. The molecule has 0 aliphatic heterocycles. The first kappa shape index (κ1) is 22.6. The number of carbonyl (C=O) groups excluding carboxylic acids is 4. The zero-order valence-corrected chi connectivity index (χ0v) is 16.8. The summed E-state index contributed by atoms with van der Waals surface area (Å²) in [7, 11) is 2.33. The highest BCUT2D eigenvalue weighted by atomic mass is 16.5. The lowest BCUT2D eigenvalue weighted by atomic mass is 10.0. The summed E-state index contributed by atoms with van der Waals surface area (Å²) in [6.07, 6.45) is -0.197. The number of nitrogens with one attached hydrogen (secondary N) is 2. The molecule has 2 aromatic carbocycles. The van der Waals surface area contributed by atoms with E-state index >= 15 is 0 Å². The van der Waals surface area contributed by atoms with Crippen LogP contribution in [0.3, 0.4) is 0 Å². The number of ether oxygens (including phenoxy) is 2. The number of rotatable bonds is 9. The molecule has 2 rings (SSSR count). The lowest BCUT2D eigenvalue weighted by molar-refractivity contribution is -0.150. The first-order valence-electron chi connectivity index (χ1n) is 9.29. The number of benzene rings is 2. The fourth-order valence-corrected chi connectivity index (χ4v) is 2.75. The zero-order valence-electron chi connectivity index (χ0n) is 16.8. The van der Waals surface area contributed by atoms with Gasteiger partial charge in [-0.2, -0.15) is 0 Å². The van der Waals surface area contributed by atoms with Gasteiger partial charge in [-0.1, -0.05) is 48.5 Å². The van der Waals surface area contributed by atoms with Gasteiger partial charge in [0.25, 0.3) is 5.91 Å². The van der Waals surface area contributed by atoms with Crippen molar-refractivity contribution in [1.29, 1.82) is 0 Å². The molecule has 2 amide bonds. The van der Waals surface area contributed by atoms with Crippen LogP contribution in [0.25, 0.3) is 0 Å². The van der Waals surface area contributed by atoms with E-state index in [0.29, 0.717) is 5.56 Å². The molecule has 2 atom stereocenters. The van der Waals surface area contributed by atoms with Crippen LogP contribution >= 0.6 is 0 Å². The van der Waals surface area contributed by atoms with Crippen LogP contribution in [0.1, 0.15) is 22.3 Å². The molecule has 2 N–H and O–H groups in total. The van der Waals surface area contributed by atoms with Crippen molar-refractivity contribution in [3.8, 4) is 0 Å². The van der Waals surface area contributed by atoms with Crippen molar-refractivity contribution < 1.29 is 28.7 Å². The second-order valence-corrected chi connectivity index (χ2v) is 6.45. The van der Waals surface area contributed by atoms with E-state index in [1.54, 1.807) is 30.3 Å². The Morgan fingerprint density at radius 2 is 1.40 bits per heavy atom. The maximum Gasteiger partial charge on any atom is 0.328 e. The summed E-state index contributed by atoms with van der Waals surface area (Å²) in [5, 5.41) is 5.17. The van der Waals surface area contributed by atoms with Gasteiger partial charge in [0, 0.05) is 12.0 Å². The lowest BCUT2D eigenvalue weighted by Gasteiger charge is -2.22. The number of hydrogen-bond donors (Lipinski definition) is 2. The summed E-state index contributed by atoms with van der Waals surface area (Å²) in [4.78, 5) is 49.1. The molecule has 8 heteroatoms. The Kier molecular flexibility index (Phi) is 8.56. The summed E-state index contributed by atoms with van der Waals surface area (Å²) in [6.45, 7) is 0. The minimum Gasteiger partial charge on any atom is -0.469 e. The Morgan fingerprint density at radius 1 is 0.800 bits per heavy atom. The molecular formula is C22H24N2O6. The van der Waals surface area contributed by atoms with Crippen LogP contribution < -0.4 is 10.6 Å². The number of carbonyl (C=O) groups is 4. The summed E-state index contributed by atoms with van der Waals surface area (Å²) in [6, 6.07) is 15.4. The minimum absolute atomic E-state index is 0.192. The molecule has 0 radical (unpaired) electrons. The Bertz CT molecular complexity index is 870. The zero-order chi connectivity index (χ0) is 21.9. The first-order valence-corrected chi connectivity index (χ1v) is 9.29. The number of esters is 2. The van der Waals surface area contributed by atoms with Crippen LogP contribution in [-0.4, -0.2) is 50.1 Å². The molecule has 0 aromatic heterocycles. The van der Waals surface area contributed by atoms with Crippen LogP contribution in [0.4, 0.5) is 0 Å². The Labute approximate surface area is 174 Å². The van der Waals surface area contributed by atoms with Gasteiger partial charge in [0.1, 0.15) is 12.1 Å². The smallest absolute Gasteiger partial charge is 0.328 e. The van der Waals surface area contributed by atoms with Crippen molar-refractivity contribution in [2.24, 2.45) is 0 Å². The number of amides is 2. The molecule has 0 aliphatic rings. The number of methoxy groups -OCH3 is 2. The van der Waals surface area contributed by atoms with Crippen LogP contribution in [0.2, 0.25) is 0 Å². The molecule has 0 saturated heterocycles. The molecule has 0 spiro atoms. The van der Waals surface area contributed by atoms with Gasteiger partial charge in [-0.05, 0) is 17.7 Å². The van der Waals surface area contributed by atoms with Gasteiger partial charge in [-0.15, -0.1) is 0 Å². The van der Waals surface area contributed by atoms with E-state index in [2.05, 4.69) is 20.1 Å². The van der Waals surface area contributed by atoms with Crippen LogP contribution in [0.5, 0.6) is 0 Å². The molecule has 0 aliphatic carbocycles. The van der Waals surface area contributed by atoms with E-state index in [1.165, 1.54) is 7.11 Å². The summed E-state index contributed by atoms with van der Waals surface area (Å²) in [5.41, 5.74) is 1.20. The fraction of sp³-hybridized carbons (Fsp3) is 0.273. The second-order valence-electron chi connectivity index (χ2n) is 6.45. The highest BCUT2D eigenvalue weighted by Gasteiger charge is 2.29. The molecule has 0 saturated carbocycles. The highest BCUT2D eigenvalue weighted by molar-refractivity contribution is 5.98. The standard InChI is InChI=1S/C22H24N2O6/c1-29-19(25)14-18(22(28)30-2)24-21(27)17(13-15-9-5-3-6-10-15)23-20(26)16-11-7-4-8-12-16/h3-12,17-18H,13-14H2,1-2H3,(H,23,26)(H,24,27)/t17-,18-/m0/s1. The SMILES string of the molecule is COC(=O)C[C@H](NC(=O)[C@H](Cc1ccccc1)NC(=O)c1ccccc1)C(=O)OC. The molecule has 30 heavy (non-hydrogen) atoms. The van der Waals surface area contributed by atoms with Crippen molar-refractivity contribution in [2.75, 3.05) is 14.2 Å². The maximum atomic E-state index is 12.9. The maximum absolute atomic E-state index is 12.9. The average Bonchev–Trinajstić information content (AvgIpc) is 2.78. The molecular weight excluding hydrogens is 388 g/mol. The van der Waals surface area contributed by atoms with Gasteiger partial charge in [-0.25, -0.2) is 4.79 Å². The summed E-state index contributed by atoms with van der Waals surface area (Å²) < 4.78 is 9.23. The monoisotopic (exact) mass is 412 g/mol. The molecule has 8 nitrogen and oxygen atoms in total. The molecule has 0 unspecified atom stereocenters. The van der Waals surface area contributed by atoms with Gasteiger partial charge in [0.05, 0.1) is 20.6 Å². The Balaban J connectivity index is 2.20. The topological polar surface area (TPSA) is 111 Å². The predicted molar refractivity (Wildman–Crippen MR) is 108 cm³/mol. The molecule has 2 aromatic rings. The van der Waals surface area contributed by atoms with Gasteiger partial charge in [0.15, 0.2) is 0 Å². The van der Waals surface area contributed by atoms with Crippen molar-refractivity contribution in [3.63, 3.8) is 0 Å². The van der Waals surface area contributed by atoms with Crippen LogP contribution in [0.15, 0.2) is 60.7 Å². The van der Waals surface area contributed by atoms with E-state index in [-0.39, 0.29) is 12.8 Å². The van der Waals surface area contributed by atoms with Crippen LogP contribution in [0, 0.1) is 0 Å². The molecule has 0 fully saturated rings.